The quantitative estimate of drug-likeness (QED) is 0.604. The van der Waals surface area contributed by atoms with Crippen LogP contribution >= 0.6 is 0 Å². The maximum Gasteiger partial charge on any atom is 0.0701 e. The first-order valence-electron chi connectivity index (χ1n) is 5.52. The van der Waals surface area contributed by atoms with E-state index in [1.807, 2.05) is 0 Å². The van der Waals surface area contributed by atoms with Gasteiger partial charge in [0.25, 0.3) is 0 Å². The molecule has 1 N–H and O–H groups in total. The lowest BCUT2D eigenvalue weighted by Crippen LogP contribution is -2.24. The summed E-state index contributed by atoms with van der Waals surface area (Å²) in [6.07, 6.45) is 0. The van der Waals surface area contributed by atoms with E-state index in [1.165, 1.54) is 0 Å². The van der Waals surface area contributed by atoms with Crippen molar-refractivity contribution in [3.8, 4) is 0 Å². The summed E-state index contributed by atoms with van der Waals surface area (Å²) < 4.78 is 21.3. The van der Waals surface area contributed by atoms with Crippen molar-refractivity contribution in [2.75, 3.05) is 65.9 Å². The fraction of sp³-hybridized carbons (Fsp3) is 1.00. The van der Waals surface area contributed by atoms with Crippen molar-refractivity contribution in [3.63, 3.8) is 0 Å². The average molecular weight is 219 g/mol. The Morgan fingerprint density at radius 3 is 1.20 bits per heavy atom. The smallest absolute Gasteiger partial charge is 0.0701 e. The van der Waals surface area contributed by atoms with Gasteiger partial charge in [0.2, 0.25) is 0 Å². The topological polar surface area (TPSA) is 49.0 Å². The van der Waals surface area contributed by atoms with E-state index in [-0.39, 0.29) is 0 Å². The molecule has 0 aromatic carbocycles. The molecule has 1 aliphatic heterocycles. The molecule has 5 heteroatoms. The molecule has 0 amide bonds. The number of rotatable bonds is 0. The van der Waals surface area contributed by atoms with Gasteiger partial charge >= 0.3 is 0 Å². The lowest BCUT2D eigenvalue weighted by atomic mass is 10.6. The van der Waals surface area contributed by atoms with Crippen LogP contribution in [0.1, 0.15) is 0 Å². The van der Waals surface area contributed by atoms with E-state index in [4.69, 9.17) is 18.9 Å². The average Bonchev–Trinajstić information content (AvgIpc) is 2.27. The molecule has 1 heterocycles. The van der Waals surface area contributed by atoms with Crippen LogP contribution < -0.4 is 5.32 Å². The van der Waals surface area contributed by atoms with E-state index < -0.39 is 0 Å². The zero-order chi connectivity index (χ0) is 10.6. The minimum Gasteiger partial charge on any atom is -0.378 e. The Morgan fingerprint density at radius 2 is 0.800 bits per heavy atom. The van der Waals surface area contributed by atoms with Crippen molar-refractivity contribution in [3.05, 3.63) is 0 Å². The summed E-state index contributed by atoms with van der Waals surface area (Å²) in [7, 11) is 0. The van der Waals surface area contributed by atoms with Gasteiger partial charge in [-0.05, 0) is 0 Å². The van der Waals surface area contributed by atoms with Crippen molar-refractivity contribution in [1.29, 1.82) is 0 Å². The molecule has 5 nitrogen and oxygen atoms in total. The molecule has 0 bridgehead atoms. The third kappa shape index (κ3) is 8.77. The fourth-order valence-corrected chi connectivity index (χ4v) is 1.18. The Morgan fingerprint density at radius 1 is 0.467 bits per heavy atom. The molecular weight excluding hydrogens is 198 g/mol. The van der Waals surface area contributed by atoms with E-state index in [2.05, 4.69) is 5.32 Å². The summed E-state index contributed by atoms with van der Waals surface area (Å²) in [5, 5.41) is 3.22. The summed E-state index contributed by atoms with van der Waals surface area (Å²) in [6, 6.07) is 0. The summed E-state index contributed by atoms with van der Waals surface area (Å²) >= 11 is 0. The van der Waals surface area contributed by atoms with Crippen molar-refractivity contribution >= 4 is 0 Å². The van der Waals surface area contributed by atoms with Gasteiger partial charge in [-0.2, -0.15) is 0 Å². The Bertz CT molecular complexity index is 76.0. The summed E-state index contributed by atoms with van der Waals surface area (Å²) in [6.45, 7) is 7.00. The highest BCUT2D eigenvalue weighted by molar-refractivity contribution is 4.45. The van der Waals surface area contributed by atoms with Crippen LogP contribution in [-0.4, -0.2) is 65.9 Å². The molecule has 0 radical (unpaired) electrons. The number of nitrogens with one attached hydrogen (secondary N) is 1. The highest BCUT2D eigenvalue weighted by atomic mass is 16.6. The van der Waals surface area contributed by atoms with Gasteiger partial charge in [-0.1, -0.05) is 0 Å². The number of hydrogen-bond acceptors (Lipinski definition) is 5. The molecule has 0 aliphatic carbocycles. The Balaban J connectivity index is 2.01. The molecule has 1 rings (SSSR count). The predicted molar refractivity (Wildman–Crippen MR) is 56.1 cm³/mol. The Kier molecular flexibility index (Phi) is 8.85. The molecule has 1 aliphatic rings. The van der Waals surface area contributed by atoms with Gasteiger partial charge in [-0.15, -0.1) is 0 Å². The second-order valence-corrected chi connectivity index (χ2v) is 3.20. The van der Waals surface area contributed by atoms with Gasteiger partial charge in [0.05, 0.1) is 52.9 Å². The Labute approximate surface area is 91.0 Å². The van der Waals surface area contributed by atoms with E-state index in [0.29, 0.717) is 39.6 Å². The molecule has 1 fully saturated rings. The van der Waals surface area contributed by atoms with E-state index in [0.717, 1.165) is 26.3 Å². The van der Waals surface area contributed by atoms with Crippen LogP contribution in [0.15, 0.2) is 0 Å². The second kappa shape index (κ2) is 10.3. The van der Waals surface area contributed by atoms with Crippen molar-refractivity contribution in [1.82, 2.24) is 5.32 Å². The standard InChI is InChI=1S/C10H21NO4/c1-3-12-5-7-14-9-10-15-8-6-13-4-2-11-1/h11H,1-10H2. The second-order valence-electron chi connectivity index (χ2n) is 3.20. The lowest BCUT2D eigenvalue weighted by molar-refractivity contribution is 0.00206. The SMILES string of the molecule is C1COCCOCCOCCOCCN1. The normalized spacial score (nSPS) is 24.0. The first-order valence-corrected chi connectivity index (χ1v) is 5.52. The van der Waals surface area contributed by atoms with Gasteiger partial charge in [0.15, 0.2) is 0 Å². The molecular formula is C10H21NO4. The maximum absolute atomic E-state index is 5.34. The first kappa shape index (κ1) is 12.9. The third-order valence-corrected chi connectivity index (χ3v) is 1.96. The number of ether oxygens (including phenoxy) is 4. The van der Waals surface area contributed by atoms with E-state index >= 15 is 0 Å². The minimum absolute atomic E-state index is 0.627. The Hall–Kier alpha value is -0.200. The van der Waals surface area contributed by atoms with Crippen LogP contribution in [0, 0.1) is 0 Å². The monoisotopic (exact) mass is 219 g/mol. The molecule has 15 heavy (non-hydrogen) atoms. The van der Waals surface area contributed by atoms with Crippen LogP contribution in [0.25, 0.3) is 0 Å². The van der Waals surface area contributed by atoms with Crippen LogP contribution in [0.4, 0.5) is 0 Å². The van der Waals surface area contributed by atoms with E-state index in [9.17, 15) is 0 Å². The van der Waals surface area contributed by atoms with Gasteiger partial charge < -0.3 is 24.3 Å². The lowest BCUT2D eigenvalue weighted by Gasteiger charge is -2.05. The predicted octanol–water partition coefficient (Wildman–Crippen LogP) is -0.344. The van der Waals surface area contributed by atoms with Crippen molar-refractivity contribution in [2.24, 2.45) is 0 Å². The van der Waals surface area contributed by atoms with Crippen LogP contribution in [0.5, 0.6) is 0 Å². The highest BCUT2D eigenvalue weighted by Gasteiger charge is 1.94. The van der Waals surface area contributed by atoms with E-state index in [1.54, 1.807) is 0 Å². The molecule has 0 saturated carbocycles. The zero-order valence-electron chi connectivity index (χ0n) is 9.20. The third-order valence-electron chi connectivity index (χ3n) is 1.96. The molecule has 90 valence electrons. The van der Waals surface area contributed by atoms with Crippen LogP contribution in [0.2, 0.25) is 0 Å². The summed E-state index contributed by atoms with van der Waals surface area (Å²) in [5.74, 6) is 0. The molecule has 0 aromatic rings. The first-order chi connectivity index (χ1) is 7.50. The van der Waals surface area contributed by atoms with Gasteiger partial charge in [0, 0.05) is 13.1 Å². The van der Waals surface area contributed by atoms with Gasteiger partial charge in [-0.3, -0.25) is 0 Å². The van der Waals surface area contributed by atoms with Crippen LogP contribution in [-0.2, 0) is 18.9 Å². The fourth-order valence-electron chi connectivity index (χ4n) is 1.18. The van der Waals surface area contributed by atoms with Gasteiger partial charge in [0.1, 0.15) is 0 Å². The summed E-state index contributed by atoms with van der Waals surface area (Å²) in [4.78, 5) is 0. The summed E-state index contributed by atoms with van der Waals surface area (Å²) in [5.41, 5.74) is 0. The molecule has 0 spiro atoms. The highest BCUT2D eigenvalue weighted by Crippen LogP contribution is 1.83. The van der Waals surface area contributed by atoms with Crippen molar-refractivity contribution < 1.29 is 18.9 Å². The molecule has 0 atom stereocenters. The molecule has 0 aromatic heterocycles. The number of hydrogen-bond donors (Lipinski definition) is 1. The van der Waals surface area contributed by atoms with Crippen molar-refractivity contribution in [2.45, 2.75) is 0 Å². The largest absolute Gasteiger partial charge is 0.378 e. The van der Waals surface area contributed by atoms with Gasteiger partial charge in [-0.25, -0.2) is 0 Å². The minimum atomic E-state index is 0.627. The molecule has 0 unspecified atom stereocenters. The molecule has 1 saturated heterocycles. The maximum atomic E-state index is 5.34. The van der Waals surface area contributed by atoms with Crippen LogP contribution in [0.3, 0.4) is 0 Å². The zero-order valence-corrected chi connectivity index (χ0v) is 9.20.